The lowest BCUT2D eigenvalue weighted by atomic mass is 10.1. The molecular formula is C12H15N3O3. The van der Waals surface area contributed by atoms with Crippen LogP contribution in [-0.4, -0.2) is 38.7 Å². The highest BCUT2D eigenvalue weighted by Crippen LogP contribution is 2.19. The molecule has 0 aliphatic carbocycles. The third-order valence-electron chi connectivity index (χ3n) is 2.69. The van der Waals surface area contributed by atoms with E-state index in [1.54, 1.807) is 12.3 Å². The van der Waals surface area contributed by atoms with Crippen molar-refractivity contribution in [2.24, 2.45) is 0 Å². The molecule has 0 aliphatic heterocycles. The highest BCUT2D eigenvalue weighted by molar-refractivity contribution is 5.75. The van der Waals surface area contributed by atoms with Crippen LogP contribution >= 0.6 is 0 Å². The van der Waals surface area contributed by atoms with E-state index >= 15 is 0 Å². The highest BCUT2D eigenvalue weighted by atomic mass is 16.3. The number of aliphatic hydroxyl groups excluding tert-OH is 2. The molecule has 0 bridgehead atoms. The quantitative estimate of drug-likeness (QED) is 0.617. The van der Waals surface area contributed by atoms with Crippen molar-refractivity contribution >= 4 is 16.9 Å². The van der Waals surface area contributed by atoms with Crippen LogP contribution in [0.2, 0.25) is 0 Å². The van der Waals surface area contributed by atoms with Crippen LogP contribution in [0.15, 0.2) is 24.5 Å². The number of amides is 1. The minimum Gasteiger partial charge on any atom is -0.388 e. The number of rotatable bonds is 4. The van der Waals surface area contributed by atoms with Gasteiger partial charge in [-0.2, -0.15) is 0 Å². The number of hydrogen-bond donors (Lipinski definition) is 4. The second-order valence-corrected chi connectivity index (χ2v) is 4.13. The number of pyridine rings is 1. The molecule has 2 atom stereocenters. The molecule has 6 nitrogen and oxygen atoms in total. The number of aromatic amines is 1. The smallest absolute Gasteiger partial charge is 0.216 e. The number of aromatic nitrogens is 2. The Morgan fingerprint density at radius 2 is 2.33 bits per heavy atom. The van der Waals surface area contributed by atoms with E-state index < -0.39 is 12.2 Å². The maximum Gasteiger partial charge on any atom is 0.216 e. The van der Waals surface area contributed by atoms with Gasteiger partial charge in [0.1, 0.15) is 12.2 Å². The van der Waals surface area contributed by atoms with Crippen LogP contribution in [0.1, 0.15) is 18.6 Å². The topological polar surface area (TPSA) is 98.2 Å². The van der Waals surface area contributed by atoms with Gasteiger partial charge in [0, 0.05) is 31.4 Å². The van der Waals surface area contributed by atoms with Gasteiger partial charge in [-0.3, -0.25) is 9.78 Å². The maximum atomic E-state index is 10.7. The van der Waals surface area contributed by atoms with Crippen LogP contribution in [0.5, 0.6) is 0 Å². The molecule has 6 heteroatoms. The van der Waals surface area contributed by atoms with Crippen molar-refractivity contribution in [1.29, 1.82) is 0 Å². The Bertz CT molecular complexity index is 552. The summed E-state index contributed by atoms with van der Waals surface area (Å²) in [5.74, 6) is -0.251. The molecular weight excluding hydrogens is 234 g/mol. The summed E-state index contributed by atoms with van der Waals surface area (Å²) in [5.41, 5.74) is 2.09. The van der Waals surface area contributed by atoms with E-state index in [9.17, 15) is 15.0 Å². The van der Waals surface area contributed by atoms with Gasteiger partial charge in [0.15, 0.2) is 0 Å². The maximum absolute atomic E-state index is 10.7. The van der Waals surface area contributed by atoms with Crippen LogP contribution in [0.25, 0.3) is 11.0 Å². The first-order valence-electron chi connectivity index (χ1n) is 5.61. The van der Waals surface area contributed by atoms with Gasteiger partial charge in [-0.15, -0.1) is 0 Å². The van der Waals surface area contributed by atoms with Gasteiger partial charge in [0.25, 0.3) is 0 Å². The van der Waals surface area contributed by atoms with Gasteiger partial charge in [0.2, 0.25) is 5.91 Å². The number of H-pyrrole nitrogens is 1. The van der Waals surface area contributed by atoms with Crippen molar-refractivity contribution < 1.29 is 15.0 Å². The van der Waals surface area contributed by atoms with E-state index in [1.165, 1.54) is 13.1 Å². The zero-order valence-corrected chi connectivity index (χ0v) is 9.92. The number of nitrogens with zero attached hydrogens (tertiary/aromatic N) is 1. The van der Waals surface area contributed by atoms with E-state index in [1.807, 2.05) is 6.07 Å². The Labute approximate surface area is 104 Å². The summed E-state index contributed by atoms with van der Waals surface area (Å²) in [6, 6.07) is 3.54. The fourth-order valence-corrected chi connectivity index (χ4v) is 1.69. The van der Waals surface area contributed by atoms with Crippen molar-refractivity contribution in [3.63, 3.8) is 0 Å². The number of carbonyl (C=O) groups is 1. The minimum atomic E-state index is -1.09. The third-order valence-corrected chi connectivity index (χ3v) is 2.69. The van der Waals surface area contributed by atoms with Crippen molar-refractivity contribution in [1.82, 2.24) is 15.3 Å². The predicted octanol–water partition coefficient (Wildman–Crippen LogP) is 0.0933. The molecule has 0 spiro atoms. The standard InChI is InChI=1S/C12H15N3O3/c1-7(16)14-6-11(17)12(18)8-4-10-9(15-5-8)2-3-13-10/h2-5,11-13,17-18H,6H2,1H3,(H,14,16). The Hall–Kier alpha value is -1.92. The predicted molar refractivity (Wildman–Crippen MR) is 65.7 cm³/mol. The van der Waals surface area contributed by atoms with Crippen molar-refractivity contribution in [2.45, 2.75) is 19.1 Å². The fraction of sp³-hybridized carbons (Fsp3) is 0.333. The van der Waals surface area contributed by atoms with E-state index in [2.05, 4.69) is 15.3 Å². The Morgan fingerprint density at radius 1 is 1.56 bits per heavy atom. The molecule has 2 heterocycles. The van der Waals surface area contributed by atoms with Crippen molar-refractivity contribution in [2.75, 3.05) is 6.54 Å². The first-order valence-corrected chi connectivity index (χ1v) is 5.61. The van der Waals surface area contributed by atoms with E-state index in [0.29, 0.717) is 5.56 Å². The zero-order chi connectivity index (χ0) is 13.1. The van der Waals surface area contributed by atoms with E-state index in [4.69, 9.17) is 0 Å². The molecule has 0 saturated heterocycles. The molecule has 96 valence electrons. The number of fused-ring (bicyclic) bond motifs is 1. The van der Waals surface area contributed by atoms with Gasteiger partial charge in [0.05, 0.1) is 11.0 Å². The molecule has 0 saturated carbocycles. The number of hydrogen-bond acceptors (Lipinski definition) is 4. The molecule has 18 heavy (non-hydrogen) atoms. The number of nitrogens with one attached hydrogen (secondary N) is 2. The first kappa shape index (κ1) is 12.5. The Kier molecular flexibility index (Phi) is 3.59. The highest BCUT2D eigenvalue weighted by Gasteiger charge is 2.19. The van der Waals surface area contributed by atoms with Gasteiger partial charge < -0.3 is 20.5 Å². The summed E-state index contributed by atoms with van der Waals surface area (Å²) < 4.78 is 0. The number of carbonyl (C=O) groups excluding carboxylic acids is 1. The minimum absolute atomic E-state index is 0.000731. The molecule has 0 aromatic carbocycles. The second-order valence-electron chi connectivity index (χ2n) is 4.13. The van der Waals surface area contributed by atoms with Gasteiger partial charge in [-0.1, -0.05) is 0 Å². The molecule has 1 amide bonds. The van der Waals surface area contributed by atoms with E-state index in [-0.39, 0.29) is 12.5 Å². The second kappa shape index (κ2) is 5.16. The summed E-state index contributed by atoms with van der Waals surface area (Å²) >= 11 is 0. The monoisotopic (exact) mass is 249 g/mol. The molecule has 0 aliphatic rings. The molecule has 2 aromatic rings. The Morgan fingerprint density at radius 3 is 3.06 bits per heavy atom. The molecule has 2 rings (SSSR count). The summed E-state index contributed by atoms with van der Waals surface area (Å²) in [6.45, 7) is 1.35. The molecule has 0 radical (unpaired) electrons. The molecule has 2 aromatic heterocycles. The van der Waals surface area contributed by atoms with Crippen LogP contribution in [0, 0.1) is 0 Å². The average molecular weight is 249 g/mol. The SMILES string of the molecule is CC(=O)NCC(O)C(O)c1cnc2cc[nH]c2c1. The Balaban J connectivity index is 2.11. The van der Waals surface area contributed by atoms with Gasteiger partial charge >= 0.3 is 0 Å². The third kappa shape index (κ3) is 2.66. The largest absolute Gasteiger partial charge is 0.388 e. The lowest BCUT2D eigenvalue weighted by Gasteiger charge is -2.18. The average Bonchev–Trinajstić information content (AvgIpc) is 2.81. The molecule has 2 unspecified atom stereocenters. The molecule has 4 N–H and O–H groups in total. The first-order chi connectivity index (χ1) is 8.58. The van der Waals surface area contributed by atoms with E-state index in [0.717, 1.165) is 11.0 Å². The normalized spacial score (nSPS) is 14.4. The summed E-state index contributed by atoms with van der Waals surface area (Å²) in [7, 11) is 0. The van der Waals surface area contributed by atoms with Crippen LogP contribution in [-0.2, 0) is 4.79 Å². The van der Waals surface area contributed by atoms with Crippen molar-refractivity contribution in [3.8, 4) is 0 Å². The number of aliphatic hydroxyl groups is 2. The molecule has 0 fully saturated rings. The van der Waals surface area contributed by atoms with Crippen molar-refractivity contribution in [3.05, 3.63) is 30.1 Å². The summed E-state index contributed by atoms with van der Waals surface area (Å²) in [4.78, 5) is 17.9. The summed E-state index contributed by atoms with van der Waals surface area (Å²) in [6.07, 6.45) is 1.11. The van der Waals surface area contributed by atoms with Crippen LogP contribution in [0.4, 0.5) is 0 Å². The lowest BCUT2D eigenvalue weighted by Crippen LogP contribution is -2.34. The lowest BCUT2D eigenvalue weighted by molar-refractivity contribution is -0.119. The zero-order valence-electron chi connectivity index (χ0n) is 9.92. The van der Waals surface area contributed by atoms with Crippen LogP contribution in [0.3, 0.4) is 0 Å². The van der Waals surface area contributed by atoms with Crippen LogP contribution < -0.4 is 5.32 Å². The summed E-state index contributed by atoms with van der Waals surface area (Å²) in [5, 5.41) is 22.1. The fourth-order valence-electron chi connectivity index (χ4n) is 1.69. The van der Waals surface area contributed by atoms with Gasteiger partial charge in [-0.05, 0) is 12.1 Å². The van der Waals surface area contributed by atoms with Gasteiger partial charge in [-0.25, -0.2) is 0 Å².